The van der Waals surface area contributed by atoms with Crippen LogP contribution in [0.25, 0.3) is 0 Å². The molecule has 7 heteroatoms. The van der Waals surface area contributed by atoms with E-state index in [4.69, 9.17) is 0 Å². The minimum atomic E-state index is -0.823. The molecule has 2 aromatic rings. The van der Waals surface area contributed by atoms with Gasteiger partial charge in [0.25, 0.3) is 5.91 Å². The predicted octanol–water partition coefficient (Wildman–Crippen LogP) is 1.66. The summed E-state index contributed by atoms with van der Waals surface area (Å²) in [6, 6.07) is 3.02. The van der Waals surface area contributed by atoms with Gasteiger partial charge in [0.15, 0.2) is 0 Å². The van der Waals surface area contributed by atoms with Crippen LogP contribution in [0.1, 0.15) is 10.4 Å². The van der Waals surface area contributed by atoms with E-state index < -0.39 is 17.5 Å². The molecule has 0 unspecified atom stereocenters. The van der Waals surface area contributed by atoms with Gasteiger partial charge in [-0.15, -0.1) is 0 Å². The number of nitrogens with zero attached hydrogens (tertiary/aromatic N) is 4. The van der Waals surface area contributed by atoms with Crippen LogP contribution >= 0.6 is 0 Å². The zero-order chi connectivity index (χ0) is 15.7. The number of aromatic nitrogens is 2. The molecule has 3 rings (SSSR count). The highest BCUT2D eigenvalue weighted by atomic mass is 19.1. The van der Waals surface area contributed by atoms with Crippen molar-refractivity contribution in [3.05, 3.63) is 47.8 Å². The van der Waals surface area contributed by atoms with E-state index in [-0.39, 0.29) is 5.56 Å². The summed E-state index contributed by atoms with van der Waals surface area (Å²) in [6.45, 7) is 2.20. The number of imidazole rings is 1. The van der Waals surface area contributed by atoms with Crippen molar-refractivity contribution in [2.75, 3.05) is 31.1 Å². The smallest absolute Gasteiger partial charge is 0.256 e. The van der Waals surface area contributed by atoms with E-state index in [1.54, 1.807) is 11.1 Å². The monoisotopic (exact) mass is 306 g/mol. The van der Waals surface area contributed by atoms with Crippen molar-refractivity contribution in [1.29, 1.82) is 0 Å². The van der Waals surface area contributed by atoms with Crippen LogP contribution in [0.4, 0.5) is 14.7 Å². The van der Waals surface area contributed by atoms with Crippen molar-refractivity contribution in [3.63, 3.8) is 0 Å². The van der Waals surface area contributed by atoms with Crippen molar-refractivity contribution in [3.8, 4) is 0 Å². The first kappa shape index (κ1) is 14.5. The second-order valence-electron chi connectivity index (χ2n) is 5.24. The first-order valence-electron chi connectivity index (χ1n) is 7.03. The van der Waals surface area contributed by atoms with Crippen molar-refractivity contribution in [2.24, 2.45) is 7.05 Å². The zero-order valence-corrected chi connectivity index (χ0v) is 12.2. The molecular weight excluding hydrogens is 290 g/mol. The third-order valence-corrected chi connectivity index (χ3v) is 3.81. The molecule has 1 saturated heterocycles. The van der Waals surface area contributed by atoms with Gasteiger partial charge in [0.1, 0.15) is 11.6 Å². The first-order chi connectivity index (χ1) is 10.6. The molecule has 0 aliphatic carbocycles. The van der Waals surface area contributed by atoms with Crippen LogP contribution in [-0.4, -0.2) is 46.5 Å². The Morgan fingerprint density at radius 3 is 2.50 bits per heavy atom. The topological polar surface area (TPSA) is 41.4 Å². The maximum atomic E-state index is 13.7. The molecule has 1 aromatic carbocycles. The van der Waals surface area contributed by atoms with Gasteiger partial charge in [0.2, 0.25) is 5.95 Å². The molecule has 1 aliphatic heterocycles. The molecule has 0 radical (unpaired) electrons. The lowest BCUT2D eigenvalue weighted by atomic mass is 10.1. The average Bonchev–Trinajstić information content (AvgIpc) is 2.93. The van der Waals surface area contributed by atoms with Gasteiger partial charge >= 0.3 is 0 Å². The number of anilines is 1. The number of benzene rings is 1. The molecule has 0 atom stereocenters. The second-order valence-corrected chi connectivity index (χ2v) is 5.24. The summed E-state index contributed by atoms with van der Waals surface area (Å²) in [4.78, 5) is 20.2. The normalized spacial score (nSPS) is 15.2. The fraction of sp³-hybridized carbons (Fsp3) is 0.333. The van der Waals surface area contributed by atoms with Crippen molar-refractivity contribution in [1.82, 2.24) is 14.5 Å². The quantitative estimate of drug-likeness (QED) is 0.847. The number of hydrogen-bond acceptors (Lipinski definition) is 3. The number of carbonyl (C=O) groups is 1. The van der Waals surface area contributed by atoms with Crippen molar-refractivity contribution >= 4 is 11.9 Å². The fourth-order valence-electron chi connectivity index (χ4n) is 2.61. The number of hydrogen-bond donors (Lipinski definition) is 0. The number of rotatable bonds is 2. The van der Waals surface area contributed by atoms with Crippen LogP contribution in [-0.2, 0) is 7.05 Å². The Balaban J connectivity index is 1.68. The van der Waals surface area contributed by atoms with Crippen LogP contribution in [0.15, 0.2) is 30.6 Å². The van der Waals surface area contributed by atoms with Gasteiger partial charge in [-0.1, -0.05) is 0 Å². The Morgan fingerprint density at radius 2 is 1.91 bits per heavy atom. The maximum Gasteiger partial charge on any atom is 0.256 e. The van der Waals surface area contributed by atoms with E-state index in [1.165, 1.54) is 6.07 Å². The van der Waals surface area contributed by atoms with E-state index >= 15 is 0 Å². The van der Waals surface area contributed by atoms with E-state index in [0.717, 1.165) is 18.1 Å². The molecule has 1 aromatic heterocycles. The summed E-state index contributed by atoms with van der Waals surface area (Å²) >= 11 is 0. The highest BCUT2D eigenvalue weighted by Crippen LogP contribution is 2.16. The molecular formula is C15H16F2N4O. The van der Waals surface area contributed by atoms with Gasteiger partial charge < -0.3 is 14.4 Å². The van der Waals surface area contributed by atoms with Crippen LogP contribution < -0.4 is 4.90 Å². The Bertz CT molecular complexity index is 693. The van der Waals surface area contributed by atoms with Gasteiger partial charge in [0, 0.05) is 51.7 Å². The fourth-order valence-corrected chi connectivity index (χ4v) is 2.61. The minimum Gasteiger partial charge on any atom is -0.339 e. The van der Waals surface area contributed by atoms with Crippen LogP contribution in [0, 0.1) is 11.6 Å². The summed E-state index contributed by atoms with van der Waals surface area (Å²) in [5.74, 6) is -1.07. The Kier molecular flexibility index (Phi) is 3.79. The summed E-state index contributed by atoms with van der Waals surface area (Å²) in [5, 5.41) is 0. The van der Waals surface area contributed by atoms with E-state index in [0.29, 0.717) is 26.2 Å². The average molecular weight is 306 g/mol. The molecule has 0 bridgehead atoms. The summed E-state index contributed by atoms with van der Waals surface area (Å²) in [5.41, 5.74) is -0.0909. The third kappa shape index (κ3) is 2.66. The molecule has 22 heavy (non-hydrogen) atoms. The van der Waals surface area contributed by atoms with E-state index in [9.17, 15) is 13.6 Å². The SMILES string of the molecule is Cn1ccnc1N1CCN(C(=O)c2ccc(F)cc2F)CC1. The summed E-state index contributed by atoms with van der Waals surface area (Å²) in [6.07, 6.45) is 3.58. The minimum absolute atomic E-state index is 0.0909. The van der Waals surface area contributed by atoms with Crippen LogP contribution in [0.5, 0.6) is 0 Å². The Labute approximate surface area is 126 Å². The lowest BCUT2D eigenvalue weighted by molar-refractivity contribution is 0.0741. The molecule has 0 saturated carbocycles. The third-order valence-electron chi connectivity index (χ3n) is 3.81. The lowest BCUT2D eigenvalue weighted by Gasteiger charge is -2.35. The van der Waals surface area contributed by atoms with Crippen LogP contribution in [0.3, 0.4) is 0 Å². The first-order valence-corrected chi connectivity index (χ1v) is 7.03. The predicted molar refractivity (Wildman–Crippen MR) is 77.7 cm³/mol. The van der Waals surface area contributed by atoms with Crippen molar-refractivity contribution < 1.29 is 13.6 Å². The summed E-state index contributed by atoms with van der Waals surface area (Å²) < 4.78 is 28.5. The number of aryl methyl sites for hydroxylation is 1. The number of halogens is 2. The van der Waals surface area contributed by atoms with Crippen LogP contribution in [0.2, 0.25) is 0 Å². The standard InChI is InChI=1S/C15H16F2N4O/c1-19-5-4-18-15(19)21-8-6-20(7-9-21)14(22)12-3-2-11(16)10-13(12)17/h2-5,10H,6-9H2,1H3. The highest BCUT2D eigenvalue weighted by molar-refractivity contribution is 5.94. The van der Waals surface area contributed by atoms with Gasteiger partial charge in [-0.05, 0) is 12.1 Å². The molecule has 1 aliphatic rings. The molecule has 1 fully saturated rings. The van der Waals surface area contributed by atoms with Gasteiger partial charge in [-0.2, -0.15) is 0 Å². The van der Waals surface area contributed by atoms with E-state index in [1.807, 2.05) is 17.8 Å². The lowest BCUT2D eigenvalue weighted by Crippen LogP contribution is -2.49. The highest BCUT2D eigenvalue weighted by Gasteiger charge is 2.25. The molecule has 5 nitrogen and oxygen atoms in total. The Hall–Kier alpha value is -2.44. The maximum absolute atomic E-state index is 13.7. The van der Waals surface area contributed by atoms with Crippen molar-refractivity contribution in [2.45, 2.75) is 0 Å². The molecule has 0 N–H and O–H groups in total. The molecule has 2 heterocycles. The Morgan fingerprint density at radius 1 is 1.18 bits per heavy atom. The zero-order valence-electron chi connectivity index (χ0n) is 12.2. The van der Waals surface area contributed by atoms with E-state index in [2.05, 4.69) is 9.88 Å². The number of amides is 1. The molecule has 0 spiro atoms. The molecule has 116 valence electrons. The molecule has 1 amide bonds. The number of carbonyl (C=O) groups excluding carboxylic acids is 1. The number of piperazine rings is 1. The summed E-state index contributed by atoms with van der Waals surface area (Å²) in [7, 11) is 1.91. The largest absolute Gasteiger partial charge is 0.339 e. The van der Waals surface area contributed by atoms with Gasteiger partial charge in [0.05, 0.1) is 5.56 Å². The van der Waals surface area contributed by atoms with Gasteiger partial charge in [-0.3, -0.25) is 4.79 Å². The van der Waals surface area contributed by atoms with Gasteiger partial charge in [-0.25, -0.2) is 13.8 Å². The second kappa shape index (κ2) is 5.75.